The van der Waals surface area contributed by atoms with E-state index >= 15 is 0 Å². The Kier molecular flexibility index (Phi) is 9.09. The van der Waals surface area contributed by atoms with Gasteiger partial charge in [-0.05, 0) is 74.2 Å². The lowest BCUT2D eigenvalue weighted by Crippen LogP contribution is -2.45. The maximum atomic E-state index is 13.5. The number of ether oxygens (including phenoxy) is 2. The Morgan fingerprint density at radius 1 is 0.878 bits per heavy atom. The quantitative estimate of drug-likeness (QED) is 0.346. The van der Waals surface area contributed by atoms with Gasteiger partial charge in [0.05, 0.1) is 25.7 Å². The van der Waals surface area contributed by atoms with Crippen LogP contribution in [0.25, 0.3) is 0 Å². The van der Waals surface area contributed by atoms with Gasteiger partial charge in [-0.3, -0.25) is 4.79 Å². The van der Waals surface area contributed by atoms with Crippen molar-refractivity contribution in [3.05, 3.63) is 90.0 Å². The monoisotopic (exact) mass is 556 g/mol. The van der Waals surface area contributed by atoms with Crippen molar-refractivity contribution in [3.63, 3.8) is 0 Å². The highest BCUT2D eigenvalue weighted by molar-refractivity contribution is 5.89. The normalized spacial score (nSPS) is 17.3. The van der Waals surface area contributed by atoms with Crippen LogP contribution in [0.4, 0.5) is 10.5 Å². The Bertz CT molecular complexity index is 1310. The number of benzene rings is 3. The Hall–Kier alpha value is -4.04. The number of likely N-dealkylation sites (tertiary alicyclic amines) is 2. The van der Waals surface area contributed by atoms with Crippen LogP contribution in [-0.4, -0.2) is 62.1 Å². The van der Waals surface area contributed by atoms with Crippen molar-refractivity contribution in [2.24, 2.45) is 5.41 Å². The predicted molar refractivity (Wildman–Crippen MR) is 160 cm³/mol. The summed E-state index contributed by atoms with van der Waals surface area (Å²) in [6, 6.07) is 25.0. The zero-order chi connectivity index (χ0) is 28.7. The fourth-order valence-electron chi connectivity index (χ4n) is 6.01. The highest BCUT2D eigenvalue weighted by Crippen LogP contribution is 2.42. The molecule has 0 bridgehead atoms. The lowest BCUT2D eigenvalue weighted by atomic mass is 9.77. The van der Waals surface area contributed by atoms with Crippen molar-refractivity contribution in [1.29, 1.82) is 0 Å². The molecule has 2 aliphatic heterocycles. The summed E-state index contributed by atoms with van der Waals surface area (Å²) in [4.78, 5) is 30.9. The van der Waals surface area contributed by atoms with Crippen molar-refractivity contribution >= 4 is 17.6 Å². The van der Waals surface area contributed by atoms with Gasteiger partial charge < -0.3 is 29.9 Å². The molecule has 5 rings (SSSR count). The standard InChI is InChI=1S/C33H40N4O4/c1-40-28-13-11-25(12-14-28)24-37-22-18-33(31(37)38)16-20-36(21-17-33)19-15-30(26-7-4-3-5-8-26)35-32(39)34-27-9-6-10-29(23-27)41-2/h3-14,23,30H,15-22,24H2,1-2H3,(H2,34,35,39). The topological polar surface area (TPSA) is 83.1 Å². The molecule has 41 heavy (non-hydrogen) atoms. The fraction of sp³-hybridized carbons (Fsp3) is 0.394. The Labute approximate surface area is 242 Å². The summed E-state index contributed by atoms with van der Waals surface area (Å²) in [6.07, 6.45) is 3.46. The van der Waals surface area contributed by atoms with Gasteiger partial charge in [-0.2, -0.15) is 0 Å². The molecule has 2 heterocycles. The van der Waals surface area contributed by atoms with Crippen molar-refractivity contribution in [2.75, 3.05) is 45.7 Å². The summed E-state index contributed by atoms with van der Waals surface area (Å²) in [5.41, 5.74) is 2.64. The minimum absolute atomic E-state index is 0.134. The summed E-state index contributed by atoms with van der Waals surface area (Å²) < 4.78 is 10.5. The van der Waals surface area contributed by atoms with Crippen LogP contribution in [0, 0.1) is 5.41 Å². The zero-order valence-corrected chi connectivity index (χ0v) is 24.0. The molecule has 2 fully saturated rings. The van der Waals surface area contributed by atoms with Crippen molar-refractivity contribution in [3.8, 4) is 11.5 Å². The molecular weight excluding hydrogens is 516 g/mol. The van der Waals surface area contributed by atoms with E-state index in [4.69, 9.17) is 9.47 Å². The molecule has 2 N–H and O–H groups in total. The number of rotatable bonds is 10. The molecule has 0 aromatic heterocycles. The number of hydrogen-bond acceptors (Lipinski definition) is 5. The van der Waals surface area contributed by atoms with Gasteiger partial charge in [0.15, 0.2) is 0 Å². The zero-order valence-electron chi connectivity index (χ0n) is 24.0. The number of nitrogens with zero attached hydrogens (tertiary/aromatic N) is 2. The van der Waals surface area contributed by atoms with Gasteiger partial charge >= 0.3 is 6.03 Å². The summed E-state index contributed by atoms with van der Waals surface area (Å²) >= 11 is 0. The van der Waals surface area contributed by atoms with E-state index in [2.05, 4.69) is 27.7 Å². The first kappa shape index (κ1) is 28.5. The third-order valence-corrected chi connectivity index (χ3v) is 8.52. The number of carbonyl (C=O) groups is 2. The SMILES string of the molecule is COc1ccc(CN2CCC3(CCN(CCC(NC(=O)Nc4cccc(OC)c4)c4ccccc4)CC3)C2=O)cc1. The maximum absolute atomic E-state index is 13.5. The molecule has 8 heteroatoms. The third-order valence-electron chi connectivity index (χ3n) is 8.52. The van der Waals surface area contributed by atoms with E-state index in [1.54, 1.807) is 20.3 Å². The number of carbonyl (C=O) groups excluding carboxylic acids is 2. The first-order valence-corrected chi connectivity index (χ1v) is 14.4. The number of piperidine rings is 1. The molecule has 1 spiro atoms. The van der Waals surface area contributed by atoms with Crippen LogP contribution in [0.3, 0.4) is 0 Å². The van der Waals surface area contributed by atoms with Gasteiger partial charge in [0.25, 0.3) is 0 Å². The minimum atomic E-state index is -0.252. The van der Waals surface area contributed by atoms with Crippen LogP contribution in [0.1, 0.15) is 42.9 Å². The molecule has 1 unspecified atom stereocenters. The lowest BCUT2D eigenvalue weighted by Gasteiger charge is -2.38. The average molecular weight is 557 g/mol. The summed E-state index contributed by atoms with van der Waals surface area (Å²) in [5, 5.41) is 6.09. The summed E-state index contributed by atoms with van der Waals surface area (Å²) in [6.45, 7) is 4.09. The molecule has 0 aliphatic carbocycles. The van der Waals surface area contributed by atoms with Gasteiger partial charge in [-0.1, -0.05) is 48.5 Å². The van der Waals surface area contributed by atoms with E-state index in [9.17, 15) is 9.59 Å². The molecule has 8 nitrogen and oxygen atoms in total. The van der Waals surface area contributed by atoms with E-state index in [0.29, 0.717) is 23.9 Å². The number of amides is 3. The first-order valence-electron chi connectivity index (χ1n) is 14.4. The maximum Gasteiger partial charge on any atom is 0.319 e. The van der Waals surface area contributed by atoms with E-state index < -0.39 is 0 Å². The Morgan fingerprint density at radius 2 is 1.59 bits per heavy atom. The van der Waals surface area contributed by atoms with Crippen LogP contribution in [0.5, 0.6) is 11.5 Å². The number of urea groups is 1. The number of methoxy groups -OCH3 is 2. The largest absolute Gasteiger partial charge is 0.497 e. The van der Waals surface area contributed by atoms with Crippen molar-refractivity contribution in [2.45, 2.75) is 38.3 Å². The van der Waals surface area contributed by atoms with Crippen LogP contribution in [-0.2, 0) is 11.3 Å². The number of anilines is 1. The minimum Gasteiger partial charge on any atom is -0.497 e. The number of nitrogens with one attached hydrogen (secondary N) is 2. The summed E-state index contributed by atoms with van der Waals surface area (Å²) in [5.74, 6) is 1.81. The second-order valence-corrected chi connectivity index (χ2v) is 11.0. The molecule has 2 aliphatic rings. The summed E-state index contributed by atoms with van der Waals surface area (Å²) in [7, 11) is 3.27. The van der Waals surface area contributed by atoms with Crippen LogP contribution in [0.2, 0.25) is 0 Å². The molecule has 0 radical (unpaired) electrons. The molecule has 2 saturated heterocycles. The molecule has 216 valence electrons. The van der Waals surface area contributed by atoms with Crippen LogP contribution < -0.4 is 20.1 Å². The highest BCUT2D eigenvalue weighted by Gasteiger charge is 2.47. The van der Waals surface area contributed by atoms with E-state index in [1.165, 1.54) is 0 Å². The number of hydrogen-bond donors (Lipinski definition) is 2. The highest BCUT2D eigenvalue weighted by atomic mass is 16.5. The van der Waals surface area contributed by atoms with Gasteiger partial charge in [-0.15, -0.1) is 0 Å². The first-order chi connectivity index (χ1) is 20.0. The van der Waals surface area contributed by atoms with E-state index in [-0.39, 0.29) is 17.5 Å². The second kappa shape index (κ2) is 13.1. The second-order valence-electron chi connectivity index (χ2n) is 11.0. The molecule has 1 atom stereocenters. The van der Waals surface area contributed by atoms with E-state index in [0.717, 1.165) is 68.7 Å². The van der Waals surface area contributed by atoms with Gasteiger partial charge in [0.1, 0.15) is 11.5 Å². The molecule has 3 aromatic carbocycles. The van der Waals surface area contributed by atoms with Crippen molar-refractivity contribution < 1.29 is 19.1 Å². The molecule has 3 aromatic rings. The fourth-order valence-corrected chi connectivity index (χ4v) is 6.01. The Morgan fingerprint density at radius 3 is 2.29 bits per heavy atom. The molecule has 3 amide bonds. The molecule has 0 saturated carbocycles. The average Bonchev–Trinajstić information content (AvgIpc) is 3.30. The van der Waals surface area contributed by atoms with Crippen molar-refractivity contribution in [1.82, 2.24) is 15.1 Å². The molecular formula is C33H40N4O4. The van der Waals surface area contributed by atoms with E-state index in [1.807, 2.05) is 65.6 Å². The Balaban J connectivity index is 1.14. The lowest BCUT2D eigenvalue weighted by molar-refractivity contribution is -0.138. The predicted octanol–water partition coefficient (Wildman–Crippen LogP) is 5.47. The third kappa shape index (κ3) is 7.00. The van der Waals surface area contributed by atoms with Gasteiger partial charge in [-0.25, -0.2) is 4.79 Å². The van der Waals surface area contributed by atoms with Crippen LogP contribution in [0.15, 0.2) is 78.9 Å². The van der Waals surface area contributed by atoms with Gasteiger partial charge in [0, 0.05) is 31.4 Å². The van der Waals surface area contributed by atoms with Crippen LogP contribution >= 0.6 is 0 Å². The van der Waals surface area contributed by atoms with Gasteiger partial charge in [0.2, 0.25) is 5.91 Å². The smallest absolute Gasteiger partial charge is 0.319 e.